The van der Waals surface area contributed by atoms with Crippen molar-refractivity contribution < 1.29 is 9.52 Å². The zero-order valence-electron chi connectivity index (χ0n) is 10.4. The highest BCUT2D eigenvalue weighted by atomic mass is 16.4. The first kappa shape index (κ1) is 11.9. The van der Waals surface area contributed by atoms with Crippen LogP contribution in [0.5, 0.6) is 0 Å². The van der Waals surface area contributed by atoms with Gasteiger partial charge in [-0.25, -0.2) is 4.98 Å². The molecule has 0 unspecified atom stereocenters. The predicted octanol–water partition coefficient (Wildman–Crippen LogP) is 3.13. The summed E-state index contributed by atoms with van der Waals surface area (Å²) in [5, 5.41) is 9.32. The van der Waals surface area contributed by atoms with E-state index < -0.39 is 0 Å². The average molecular weight is 231 g/mol. The summed E-state index contributed by atoms with van der Waals surface area (Å²) >= 11 is 0. The number of hydrogen-bond acceptors (Lipinski definition) is 3. The Balaban J connectivity index is 2.49. The third-order valence-corrected chi connectivity index (χ3v) is 2.55. The lowest BCUT2D eigenvalue weighted by Crippen LogP contribution is -2.12. The summed E-state index contributed by atoms with van der Waals surface area (Å²) in [6.45, 7) is 6.03. The Hall–Kier alpha value is -1.61. The van der Waals surface area contributed by atoms with Crippen molar-refractivity contribution in [3.8, 4) is 11.5 Å². The van der Waals surface area contributed by atoms with Crippen LogP contribution in [0, 0.1) is 0 Å². The van der Waals surface area contributed by atoms with Gasteiger partial charge in [0.15, 0.2) is 0 Å². The summed E-state index contributed by atoms with van der Waals surface area (Å²) in [5.41, 5.74) is 1.40. The van der Waals surface area contributed by atoms with E-state index in [1.807, 2.05) is 51.1 Å². The van der Waals surface area contributed by atoms with Gasteiger partial charge in [0.1, 0.15) is 11.5 Å². The molecule has 0 saturated heterocycles. The molecule has 0 fully saturated rings. The second-order valence-electron chi connectivity index (χ2n) is 5.07. The fourth-order valence-electron chi connectivity index (χ4n) is 1.75. The molecule has 3 heteroatoms. The maximum absolute atomic E-state index is 9.32. The quantitative estimate of drug-likeness (QED) is 0.863. The third kappa shape index (κ3) is 2.39. The Morgan fingerprint density at radius 2 is 1.82 bits per heavy atom. The van der Waals surface area contributed by atoms with Crippen LogP contribution in [0.2, 0.25) is 0 Å². The molecule has 0 aliphatic carbocycles. The first-order chi connectivity index (χ1) is 8.02. The monoisotopic (exact) mass is 231 g/mol. The summed E-state index contributed by atoms with van der Waals surface area (Å²) in [6.07, 6.45) is 0. The van der Waals surface area contributed by atoms with Crippen molar-refractivity contribution in [1.82, 2.24) is 4.98 Å². The largest absolute Gasteiger partial charge is 0.440 e. The second-order valence-corrected chi connectivity index (χ2v) is 5.07. The minimum atomic E-state index is -0.155. The average Bonchev–Trinajstić information content (AvgIpc) is 2.74. The SMILES string of the molecule is CC(C)(C)c1oc(-c2ccccc2)nc1CO. The van der Waals surface area contributed by atoms with Crippen LogP contribution in [0.3, 0.4) is 0 Å². The van der Waals surface area contributed by atoms with E-state index >= 15 is 0 Å². The predicted molar refractivity (Wildman–Crippen MR) is 66.6 cm³/mol. The molecule has 17 heavy (non-hydrogen) atoms. The molecule has 0 atom stereocenters. The molecule has 1 aromatic heterocycles. The minimum Gasteiger partial charge on any atom is -0.440 e. The maximum Gasteiger partial charge on any atom is 0.226 e. The zero-order chi connectivity index (χ0) is 12.5. The van der Waals surface area contributed by atoms with Gasteiger partial charge in [-0.3, -0.25) is 0 Å². The van der Waals surface area contributed by atoms with Crippen LogP contribution in [-0.4, -0.2) is 10.1 Å². The van der Waals surface area contributed by atoms with Gasteiger partial charge in [-0.05, 0) is 12.1 Å². The van der Waals surface area contributed by atoms with Gasteiger partial charge in [0.2, 0.25) is 5.89 Å². The van der Waals surface area contributed by atoms with Crippen molar-refractivity contribution in [2.45, 2.75) is 32.8 Å². The summed E-state index contributed by atoms with van der Waals surface area (Å²) < 4.78 is 5.79. The van der Waals surface area contributed by atoms with Gasteiger partial charge < -0.3 is 9.52 Å². The number of nitrogens with zero attached hydrogens (tertiary/aromatic N) is 1. The standard InChI is InChI=1S/C14H17NO2/c1-14(2,3)12-11(9-16)15-13(17-12)10-7-5-4-6-8-10/h4-8,16H,9H2,1-3H3. The number of aromatic nitrogens is 1. The summed E-state index contributed by atoms with van der Waals surface area (Å²) in [6, 6.07) is 9.72. The van der Waals surface area contributed by atoms with E-state index in [2.05, 4.69) is 4.98 Å². The van der Waals surface area contributed by atoms with Crippen molar-refractivity contribution in [1.29, 1.82) is 0 Å². The van der Waals surface area contributed by atoms with E-state index in [1.54, 1.807) is 0 Å². The number of aliphatic hydroxyl groups excluding tert-OH is 1. The fraction of sp³-hybridized carbons (Fsp3) is 0.357. The van der Waals surface area contributed by atoms with E-state index in [9.17, 15) is 5.11 Å². The smallest absolute Gasteiger partial charge is 0.226 e. The Labute approximate surface area is 101 Å². The number of rotatable bonds is 2. The molecular weight excluding hydrogens is 214 g/mol. The molecule has 90 valence electrons. The molecule has 2 rings (SSSR count). The first-order valence-corrected chi connectivity index (χ1v) is 5.69. The van der Waals surface area contributed by atoms with Crippen molar-refractivity contribution >= 4 is 0 Å². The number of benzene rings is 1. The van der Waals surface area contributed by atoms with Crippen LogP contribution in [-0.2, 0) is 12.0 Å². The van der Waals surface area contributed by atoms with Gasteiger partial charge in [0.05, 0.1) is 6.61 Å². The molecule has 1 N–H and O–H groups in total. The number of aliphatic hydroxyl groups is 1. The van der Waals surface area contributed by atoms with Crippen LogP contribution in [0.25, 0.3) is 11.5 Å². The molecule has 0 bridgehead atoms. The van der Waals surface area contributed by atoms with Crippen molar-refractivity contribution in [2.24, 2.45) is 0 Å². The fourth-order valence-corrected chi connectivity index (χ4v) is 1.75. The molecule has 1 aromatic carbocycles. The van der Waals surface area contributed by atoms with Gasteiger partial charge in [-0.2, -0.15) is 0 Å². The van der Waals surface area contributed by atoms with Gasteiger partial charge >= 0.3 is 0 Å². The van der Waals surface area contributed by atoms with Gasteiger partial charge in [0, 0.05) is 11.0 Å². The van der Waals surface area contributed by atoms with Crippen molar-refractivity contribution in [3.05, 3.63) is 41.8 Å². The molecule has 0 amide bonds. The molecule has 0 radical (unpaired) electrons. The van der Waals surface area contributed by atoms with E-state index in [-0.39, 0.29) is 12.0 Å². The number of oxazole rings is 1. The minimum absolute atomic E-state index is 0.0943. The highest BCUT2D eigenvalue weighted by Gasteiger charge is 2.25. The summed E-state index contributed by atoms with van der Waals surface area (Å²) in [4.78, 5) is 4.35. The van der Waals surface area contributed by atoms with Crippen LogP contribution < -0.4 is 0 Å². The van der Waals surface area contributed by atoms with Crippen LogP contribution in [0.1, 0.15) is 32.2 Å². The highest BCUT2D eigenvalue weighted by molar-refractivity contribution is 5.53. The Kier molecular flexibility index (Phi) is 3.03. The zero-order valence-corrected chi connectivity index (χ0v) is 10.4. The normalized spacial score (nSPS) is 11.8. The molecule has 3 nitrogen and oxygen atoms in total. The summed E-state index contributed by atoms with van der Waals surface area (Å²) in [5.74, 6) is 1.32. The molecule has 0 spiro atoms. The van der Waals surface area contributed by atoms with Crippen LogP contribution in [0.4, 0.5) is 0 Å². The van der Waals surface area contributed by atoms with E-state index in [0.717, 1.165) is 11.3 Å². The summed E-state index contributed by atoms with van der Waals surface area (Å²) in [7, 11) is 0. The number of hydrogen-bond donors (Lipinski definition) is 1. The molecular formula is C14H17NO2. The second kappa shape index (κ2) is 4.34. The van der Waals surface area contributed by atoms with E-state index in [4.69, 9.17) is 4.42 Å². The molecule has 0 aliphatic rings. The molecule has 2 aromatic rings. The third-order valence-electron chi connectivity index (χ3n) is 2.55. The Morgan fingerprint density at radius 3 is 2.29 bits per heavy atom. The highest BCUT2D eigenvalue weighted by Crippen LogP contribution is 2.30. The lowest BCUT2D eigenvalue weighted by atomic mass is 9.92. The van der Waals surface area contributed by atoms with Gasteiger partial charge in [-0.15, -0.1) is 0 Å². The van der Waals surface area contributed by atoms with Crippen LogP contribution >= 0.6 is 0 Å². The van der Waals surface area contributed by atoms with Crippen LogP contribution in [0.15, 0.2) is 34.7 Å². The van der Waals surface area contributed by atoms with E-state index in [0.29, 0.717) is 11.6 Å². The van der Waals surface area contributed by atoms with Gasteiger partial charge in [-0.1, -0.05) is 39.0 Å². The lowest BCUT2D eigenvalue weighted by Gasteiger charge is -2.15. The molecule has 0 aliphatic heterocycles. The lowest BCUT2D eigenvalue weighted by molar-refractivity contribution is 0.269. The molecule has 1 heterocycles. The van der Waals surface area contributed by atoms with Crippen molar-refractivity contribution in [2.75, 3.05) is 0 Å². The van der Waals surface area contributed by atoms with E-state index in [1.165, 1.54) is 0 Å². The molecule has 0 saturated carbocycles. The Morgan fingerprint density at radius 1 is 1.18 bits per heavy atom. The first-order valence-electron chi connectivity index (χ1n) is 5.69. The van der Waals surface area contributed by atoms with Crippen molar-refractivity contribution in [3.63, 3.8) is 0 Å². The van der Waals surface area contributed by atoms with Gasteiger partial charge in [0.25, 0.3) is 0 Å². The Bertz CT molecular complexity index is 495. The maximum atomic E-state index is 9.32. The topological polar surface area (TPSA) is 46.3 Å².